The molecule has 0 spiro atoms. The minimum absolute atomic E-state index is 0. The number of allylic oxidation sites excluding steroid dienone is 12. The van der Waals surface area contributed by atoms with E-state index in [0.29, 0.717) is 28.5 Å². The summed E-state index contributed by atoms with van der Waals surface area (Å²) < 4.78 is 36.9. The average molecular weight is 2430 g/mol. The molecule has 0 aliphatic carbocycles. The van der Waals surface area contributed by atoms with Crippen LogP contribution in [0.1, 0.15) is 83.1 Å². The van der Waals surface area contributed by atoms with Crippen LogP contribution in [0.5, 0.6) is 0 Å². The summed E-state index contributed by atoms with van der Waals surface area (Å²) in [6.07, 6.45) is 9.40. The first-order valence-electron chi connectivity index (χ1n) is 27.5. The molecule has 30 heteroatoms. The molecule has 0 fully saturated rings. The van der Waals surface area contributed by atoms with Crippen molar-refractivity contribution in [3.05, 3.63) is 229 Å². The maximum Gasteiger partial charge on any atom is 0.296 e. The first kappa shape index (κ1) is 100. The number of aliphatic hydroxyl groups is 6. The van der Waals surface area contributed by atoms with E-state index in [9.17, 15) is 37.5 Å². The van der Waals surface area contributed by atoms with Crippen molar-refractivity contribution in [2.45, 2.75) is 83.1 Å². The summed E-state index contributed by atoms with van der Waals surface area (Å²) in [5.41, 5.74) is 4.70. The Bertz CT molecular complexity index is 4070. The van der Waals surface area contributed by atoms with Crippen LogP contribution in [-0.2, 0) is 149 Å². The minimum atomic E-state index is -1.15. The zero-order chi connectivity index (χ0) is 70.5. The van der Waals surface area contributed by atoms with Gasteiger partial charge in [0.1, 0.15) is 11.2 Å². The zero-order valence-electron chi connectivity index (χ0n) is 55.1. The number of aliphatic hydroxyl groups excluding tert-OH is 6. The molecule has 0 aliphatic rings. The Morgan fingerprint density at radius 3 is 1.09 bits per heavy atom. The molecule has 0 amide bonds. The Labute approximate surface area is 657 Å². The summed E-state index contributed by atoms with van der Waals surface area (Å²) in [5, 5.41) is 54.0. The number of aromatic nitrogens is 8. The molecule has 0 saturated heterocycles. The van der Waals surface area contributed by atoms with Gasteiger partial charge in [-0.05, 0) is 124 Å². The summed E-state index contributed by atoms with van der Waals surface area (Å²) in [6, 6.07) is 45.7. The van der Waals surface area contributed by atoms with Crippen molar-refractivity contribution in [1.29, 1.82) is 0 Å². The Hall–Kier alpha value is -8.18. The summed E-state index contributed by atoms with van der Waals surface area (Å²) in [7, 11) is 0. The molecule has 0 aliphatic heterocycles. The van der Waals surface area contributed by atoms with Gasteiger partial charge in [-0.15, -0.1) is 5.39 Å². The summed E-state index contributed by atoms with van der Waals surface area (Å²) in [5.74, 6) is 0.643. The second-order valence-corrected chi connectivity index (χ2v) is 19.1. The molecule has 5 aromatic carbocycles. The third-order valence-corrected chi connectivity index (χ3v) is 9.87. The molecule has 22 nitrogen and oxygen atoms in total. The van der Waals surface area contributed by atoms with E-state index in [1.54, 1.807) is 36.5 Å². The number of ketones is 6. The van der Waals surface area contributed by atoms with Crippen molar-refractivity contribution in [2.24, 2.45) is 0 Å². The van der Waals surface area contributed by atoms with Crippen molar-refractivity contribution in [1.82, 2.24) is 39.9 Å². The quantitative estimate of drug-likeness (QED) is 0.0444. The van der Waals surface area contributed by atoms with Gasteiger partial charge in [0.25, 0.3) is 12.2 Å². The van der Waals surface area contributed by atoms with Crippen molar-refractivity contribution in [2.75, 3.05) is 0 Å². The Balaban J connectivity index is -0.000000357. The number of nitrogens with zero attached hydrogens (tertiary/aromatic N) is 8. The van der Waals surface area contributed by atoms with Crippen LogP contribution in [-0.4, -0.2) is 105 Å². The van der Waals surface area contributed by atoms with Gasteiger partial charge in [-0.2, -0.15) is 19.8 Å². The molecule has 0 atom stereocenters. The van der Waals surface area contributed by atoms with E-state index in [0.717, 1.165) is 43.9 Å². The van der Waals surface area contributed by atoms with E-state index in [-0.39, 0.29) is 196 Å². The van der Waals surface area contributed by atoms with Crippen molar-refractivity contribution in [3.63, 3.8) is 0 Å². The van der Waals surface area contributed by atoms with Crippen LogP contribution < -0.4 is 0 Å². The topological polar surface area (TPSA) is 353 Å². The number of rotatable bonds is 9. The molecule has 10 rings (SSSR count). The maximum atomic E-state index is 12.6. The third-order valence-electron chi connectivity index (χ3n) is 9.87. The van der Waals surface area contributed by atoms with E-state index in [2.05, 4.69) is 76.3 Å². The summed E-state index contributed by atoms with van der Waals surface area (Å²) in [4.78, 5) is 90.2. The van der Waals surface area contributed by atoms with Crippen LogP contribution in [0.25, 0.3) is 78.2 Å². The second-order valence-electron chi connectivity index (χ2n) is 19.1. The van der Waals surface area contributed by atoms with E-state index in [1.165, 1.54) is 132 Å². The molecule has 544 valence electrons. The van der Waals surface area contributed by atoms with Gasteiger partial charge in [-0.1, -0.05) is 36.4 Å². The monoisotopic (exact) mass is 2440 g/mol. The molecular formula is C70H66F2Ir6N8O14-6. The van der Waals surface area contributed by atoms with Crippen LogP contribution in [0, 0.1) is 48.6 Å². The van der Waals surface area contributed by atoms with Gasteiger partial charge < -0.3 is 54.4 Å². The molecule has 5 heterocycles. The van der Waals surface area contributed by atoms with E-state index < -0.39 is 12.2 Å². The van der Waals surface area contributed by atoms with Gasteiger partial charge >= 0.3 is 0 Å². The number of para-hydroxylation sites is 2. The number of hydrogen-bond donors (Lipinski definition) is 6. The first-order chi connectivity index (χ1) is 44.3. The van der Waals surface area contributed by atoms with Crippen LogP contribution >= 0.6 is 0 Å². The van der Waals surface area contributed by atoms with E-state index in [4.69, 9.17) is 39.5 Å². The van der Waals surface area contributed by atoms with Gasteiger partial charge in [0.2, 0.25) is 5.71 Å². The van der Waals surface area contributed by atoms with E-state index >= 15 is 0 Å². The number of carbonyl (C=O) groups excluding carboxylic acids is 6. The van der Waals surface area contributed by atoms with Crippen molar-refractivity contribution < 1.29 is 198 Å². The molecular weight excluding hydrogens is 2370 g/mol. The number of benzene rings is 5. The Morgan fingerprint density at radius 1 is 0.380 bits per heavy atom. The van der Waals surface area contributed by atoms with Crippen molar-refractivity contribution >= 4 is 78.7 Å². The van der Waals surface area contributed by atoms with Gasteiger partial charge in [0.15, 0.2) is 34.7 Å². The van der Waals surface area contributed by atoms with E-state index in [1.807, 2.05) is 60.7 Å². The standard InChI is InChI=1S/C22H10N2O2.C9H3F2N3.C9H5N3.6C5H8O2.6Ir/c1-3-7-18-14(5-1)16-11-13(9-10-20(16)25-18)21-23-12-17-15-6-2-4-8-19(15)26-22(17)24-21;10-8-12-7(13-9(11)14-8)6-4-2-1-3-5-6;1-2-4-8(5-3-1)9-11-6-10-7-12-9;6*1-4(6)3-5(2)7;;;;;;/h1-8,10,12H;1-3H;1-3,6-7H;6*3,6H,1-2H3;;;;;;/q3*-2;;;;;;;;;;;;. The number of fused-ring (bicyclic) bond motifs is 6. The fraction of sp³-hybridized carbons (Fsp3) is 0.171. The predicted molar refractivity (Wildman–Crippen MR) is 348 cm³/mol. The first-order valence-corrected chi connectivity index (χ1v) is 27.5. The van der Waals surface area contributed by atoms with Gasteiger partial charge in [-0.25, -0.2) is 58.1 Å². The molecule has 0 bridgehead atoms. The molecule has 0 unspecified atom stereocenters. The summed E-state index contributed by atoms with van der Waals surface area (Å²) >= 11 is 0. The number of carbonyl (C=O) groups is 6. The molecule has 10 aromatic rings. The average Bonchev–Trinajstić information content (AvgIpc) is 1.62. The second kappa shape index (κ2) is 54.6. The Morgan fingerprint density at radius 2 is 0.730 bits per heavy atom. The van der Waals surface area contributed by atoms with Crippen LogP contribution in [0.3, 0.4) is 0 Å². The molecule has 6 radical (unpaired) electrons. The fourth-order valence-corrected chi connectivity index (χ4v) is 6.88. The SMILES string of the molecule is CC(=O)C=C(C)O.CC(=O)C=C(C)O.CC(=O)C=C(C)O.CC(=O)C=C(C)O.CC(=O)C=C(C)O.CC(=O)C=C(C)O.Fc1nc(F)nc(-c2[c-]ccc[c-]2)n1.[Ir].[Ir].[Ir].[Ir].[Ir].[Ir].[c-]1cc2oc3ccccc3c2[c-]c1-c1ncc2c(n1)oc1ccccc12.[c-]1ccc[c-]c1-c1ncncn1. The van der Waals surface area contributed by atoms with Gasteiger partial charge in [-0.3, -0.25) is 80.1 Å². The number of hydrogen-bond acceptors (Lipinski definition) is 22. The smallest absolute Gasteiger partial charge is 0.296 e. The molecule has 6 N–H and O–H groups in total. The molecule has 5 aromatic heterocycles. The maximum absolute atomic E-state index is 12.6. The van der Waals surface area contributed by atoms with Crippen LogP contribution in [0.2, 0.25) is 0 Å². The number of furan rings is 2. The third kappa shape index (κ3) is 43.4. The fourth-order valence-electron chi connectivity index (χ4n) is 6.88. The van der Waals surface area contributed by atoms with Gasteiger partial charge in [0.05, 0.1) is 52.6 Å². The minimum Gasteiger partial charge on any atom is -0.546 e. The summed E-state index contributed by atoms with van der Waals surface area (Å²) in [6.45, 7) is 17.1. The predicted octanol–water partition coefficient (Wildman–Crippen LogP) is 14.3. The molecule has 0 saturated carbocycles. The normalized spacial score (nSPS) is 10.5. The van der Waals surface area contributed by atoms with Gasteiger partial charge in [0, 0.05) is 169 Å². The zero-order valence-corrected chi connectivity index (χ0v) is 69.5. The van der Waals surface area contributed by atoms with Crippen molar-refractivity contribution in [3.8, 4) is 34.2 Å². The largest absolute Gasteiger partial charge is 0.546 e. The Kier molecular flexibility index (Phi) is 54.9. The molecule has 100 heavy (non-hydrogen) atoms. The van der Waals surface area contributed by atoms with Crippen LogP contribution in [0.15, 0.2) is 190 Å². The van der Waals surface area contributed by atoms with Crippen LogP contribution in [0.4, 0.5) is 8.78 Å². The number of halogens is 2.